The third-order valence-corrected chi connectivity index (χ3v) is 4.97. The number of benzene rings is 1. The molecule has 6 nitrogen and oxygen atoms in total. The summed E-state index contributed by atoms with van der Waals surface area (Å²) in [5.41, 5.74) is 0.638. The predicted molar refractivity (Wildman–Crippen MR) is 107 cm³/mol. The van der Waals surface area contributed by atoms with E-state index in [1.807, 2.05) is 11.0 Å². The van der Waals surface area contributed by atoms with Gasteiger partial charge in [-0.3, -0.25) is 9.36 Å². The Balaban J connectivity index is 1.72. The molecular weight excluding hydrogens is 395 g/mol. The van der Waals surface area contributed by atoms with Crippen LogP contribution in [-0.2, 0) is 13.2 Å². The maximum Gasteiger partial charge on any atom is 0.416 e. The minimum absolute atomic E-state index is 0.145. The van der Waals surface area contributed by atoms with E-state index in [4.69, 9.17) is 0 Å². The Morgan fingerprint density at radius 2 is 1.90 bits per heavy atom. The summed E-state index contributed by atoms with van der Waals surface area (Å²) in [5, 5.41) is 0. The molecule has 3 heterocycles. The molecule has 0 unspecified atom stereocenters. The molecular formula is C21H18F3N5O. The van der Waals surface area contributed by atoms with Crippen LogP contribution in [0, 0.1) is 0 Å². The number of alkyl halides is 3. The largest absolute Gasteiger partial charge is 0.416 e. The summed E-state index contributed by atoms with van der Waals surface area (Å²) in [6.45, 7) is 0.742. The molecule has 0 saturated carbocycles. The van der Waals surface area contributed by atoms with Crippen molar-refractivity contribution in [2.24, 2.45) is 7.05 Å². The second-order valence-electron chi connectivity index (χ2n) is 6.92. The van der Waals surface area contributed by atoms with Crippen LogP contribution in [0.1, 0.15) is 17.5 Å². The topological polar surface area (TPSA) is 63.9 Å². The predicted octanol–water partition coefficient (Wildman–Crippen LogP) is 3.55. The van der Waals surface area contributed by atoms with Crippen LogP contribution in [0.25, 0.3) is 17.0 Å². The van der Waals surface area contributed by atoms with Gasteiger partial charge >= 0.3 is 6.18 Å². The second-order valence-corrected chi connectivity index (χ2v) is 6.92. The van der Waals surface area contributed by atoms with Crippen molar-refractivity contribution in [3.63, 3.8) is 0 Å². The van der Waals surface area contributed by atoms with Gasteiger partial charge in [0.05, 0.1) is 17.0 Å². The Kier molecular flexibility index (Phi) is 5.11. The first-order valence-electron chi connectivity index (χ1n) is 9.29. The molecule has 0 amide bonds. The fraction of sp³-hybridized carbons (Fsp3) is 0.238. The highest BCUT2D eigenvalue weighted by Gasteiger charge is 2.34. The molecule has 2 aromatic heterocycles. The van der Waals surface area contributed by atoms with E-state index >= 15 is 0 Å². The van der Waals surface area contributed by atoms with Crippen molar-refractivity contribution in [1.82, 2.24) is 19.5 Å². The van der Waals surface area contributed by atoms with Crippen molar-refractivity contribution in [2.75, 3.05) is 18.0 Å². The highest BCUT2D eigenvalue weighted by atomic mass is 19.4. The average Bonchev–Trinajstić information content (AvgIpc) is 2.75. The van der Waals surface area contributed by atoms with Crippen LogP contribution in [0.15, 0.2) is 59.8 Å². The second kappa shape index (κ2) is 7.74. The van der Waals surface area contributed by atoms with E-state index < -0.39 is 11.7 Å². The van der Waals surface area contributed by atoms with Crippen molar-refractivity contribution >= 4 is 11.5 Å². The maximum atomic E-state index is 13.5. The first-order valence-corrected chi connectivity index (χ1v) is 9.29. The van der Waals surface area contributed by atoms with Crippen LogP contribution in [0.2, 0.25) is 0 Å². The van der Waals surface area contributed by atoms with E-state index in [9.17, 15) is 18.0 Å². The average molecular weight is 413 g/mol. The zero-order valence-corrected chi connectivity index (χ0v) is 16.1. The molecule has 30 heavy (non-hydrogen) atoms. The van der Waals surface area contributed by atoms with Crippen molar-refractivity contribution < 1.29 is 13.2 Å². The van der Waals surface area contributed by atoms with Gasteiger partial charge in [-0.1, -0.05) is 24.3 Å². The molecule has 1 aliphatic rings. The van der Waals surface area contributed by atoms with Gasteiger partial charge in [0, 0.05) is 32.4 Å². The molecule has 154 valence electrons. The third kappa shape index (κ3) is 3.83. The molecule has 4 rings (SSSR count). The van der Waals surface area contributed by atoms with E-state index in [0.717, 1.165) is 6.07 Å². The molecule has 1 aliphatic heterocycles. The Morgan fingerprint density at radius 3 is 2.63 bits per heavy atom. The minimum atomic E-state index is -4.45. The quantitative estimate of drug-likeness (QED) is 0.657. The molecule has 0 aliphatic carbocycles. The molecule has 3 aromatic rings. The number of hydrogen-bond acceptors (Lipinski definition) is 5. The fourth-order valence-corrected chi connectivity index (χ4v) is 3.50. The van der Waals surface area contributed by atoms with E-state index in [0.29, 0.717) is 35.9 Å². The summed E-state index contributed by atoms with van der Waals surface area (Å²) in [5.74, 6) is 0.381. The van der Waals surface area contributed by atoms with Gasteiger partial charge < -0.3 is 4.90 Å². The highest BCUT2D eigenvalue weighted by molar-refractivity contribution is 5.73. The zero-order valence-electron chi connectivity index (χ0n) is 16.1. The van der Waals surface area contributed by atoms with E-state index in [1.165, 1.54) is 29.1 Å². The summed E-state index contributed by atoms with van der Waals surface area (Å²) < 4.78 is 41.8. The van der Waals surface area contributed by atoms with Crippen LogP contribution < -0.4 is 10.5 Å². The van der Waals surface area contributed by atoms with Gasteiger partial charge in [0.1, 0.15) is 6.33 Å². The van der Waals surface area contributed by atoms with Crippen LogP contribution >= 0.6 is 0 Å². The molecule has 0 spiro atoms. The SMILES string of the molecule is Cn1c(N2CCC=C(c3ccccc3C(F)(F)F)C2)nc(-c2ccncn2)cc1=O. The molecule has 0 saturated heterocycles. The Hall–Kier alpha value is -3.49. The van der Waals surface area contributed by atoms with E-state index in [-0.39, 0.29) is 17.7 Å². The lowest BCUT2D eigenvalue weighted by Gasteiger charge is -2.30. The Morgan fingerprint density at radius 1 is 1.10 bits per heavy atom. The summed E-state index contributed by atoms with van der Waals surface area (Å²) >= 11 is 0. The molecule has 9 heteroatoms. The fourth-order valence-electron chi connectivity index (χ4n) is 3.50. The smallest absolute Gasteiger partial charge is 0.338 e. The van der Waals surface area contributed by atoms with Crippen molar-refractivity contribution in [2.45, 2.75) is 12.6 Å². The lowest BCUT2D eigenvalue weighted by molar-refractivity contribution is -0.137. The lowest BCUT2D eigenvalue weighted by Crippen LogP contribution is -2.35. The van der Waals surface area contributed by atoms with Gasteiger partial charge in [0.2, 0.25) is 5.95 Å². The number of nitrogens with zero attached hydrogens (tertiary/aromatic N) is 5. The summed E-state index contributed by atoms with van der Waals surface area (Å²) in [6.07, 6.45) is 0.821. The highest BCUT2D eigenvalue weighted by Crippen LogP contribution is 2.36. The van der Waals surface area contributed by atoms with Crippen molar-refractivity contribution in [3.05, 3.63) is 76.5 Å². The maximum absolute atomic E-state index is 13.5. The standard InChI is InChI=1S/C21H18F3N5O/c1-28-19(30)11-18(17-8-9-25-13-26-17)27-20(28)29-10-4-5-14(12-29)15-6-2-3-7-16(15)21(22,23)24/h2-3,5-9,11,13H,4,10,12H2,1H3. The number of aromatic nitrogens is 4. The van der Waals surface area contributed by atoms with Crippen molar-refractivity contribution in [3.8, 4) is 11.4 Å². The zero-order chi connectivity index (χ0) is 21.3. The first kappa shape index (κ1) is 19.8. The molecule has 1 aromatic carbocycles. The van der Waals surface area contributed by atoms with Crippen LogP contribution in [0.5, 0.6) is 0 Å². The Labute approximate surface area is 170 Å². The van der Waals surface area contributed by atoms with Crippen LogP contribution in [-0.4, -0.2) is 32.6 Å². The molecule has 0 bridgehead atoms. The van der Waals surface area contributed by atoms with E-state index in [2.05, 4.69) is 15.0 Å². The van der Waals surface area contributed by atoms with Gasteiger partial charge in [0.25, 0.3) is 5.56 Å². The molecule has 0 atom stereocenters. The molecule has 0 fully saturated rings. The van der Waals surface area contributed by atoms with E-state index in [1.54, 1.807) is 25.4 Å². The van der Waals surface area contributed by atoms with Gasteiger partial charge in [-0.25, -0.2) is 15.0 Å². The lowest BCUT2D eigenvalue weighted by atomic mass is 9.96. The monoisotopic (exact) mass is 413 g/mol. The number of halogens is 3. The first-order chi connectivity index (χ1) is 14.3. The summed E-state index contributed by atoms with van der Waals surface area (Å²) in [7, 11) is 1.59. The summed E-state index contributed by atoms with van der Waals surface area (Å²) in [6, 6.07) is 8.55. The molecule has 0 N–H and O–H groups in total. The van der Waals surface area contributed by atoms with Gasteiger partial charge in [-0.15, -0.1) is 0 Å². The normalized spacial score (nSPS) is 14.5. The van der Waals surface area contributed by atoms with Crippen LogP contribution in [0.4, 0.5) is 19.1 Å². The number of hydrogen-bond donors (Lipinski definition) is 0. The van der Waals surface area contributed by atoms with Crippen LogP contribution in [0.3, 0.4) is 0 Å². The van der Waals surface area contributed by atoms with Crippen molar-refractivity contribution in [1.29, 1.82) is 0 Å². The number of anilines is 1. The van der Waals surface area contributed by atoms with Gasteiger partial charge in [-0.2, -0.15) is 13.2 Å². The minimum Gasteiger partial charge on any atom is -0.338 e. The summed E-state index contributed by atoms with van der Waals surface area (Å²) in [4.78, 5) is 26.9. The Bertz CT molecular complexity index is 1160. The van der Waals surface area contributed by atoms with Gasteiger partial charge in [-0.05, 0) is 29.7 Å². The third-order valence-electron chi connectivity index (χ3n) is 4.97. The number of rotatable bonds is 3. The molecule has 0 radical (unpaired) electrons. The van der Waals surface area contributed by atoms with Gasteiger partial charge in [0.15, 0.2) is 0 Å².